The lowest BCUT2D eigenvalue weighted by Gasteiger charge is -2.11. The number of pyridine rings is 1. The fourth-order valence-electron chi connectivity index (χ4n) is 2.89. The molecule has 2 aromatic carbocycles. The van der Waals surface area contributed by atoms with Crippen LogP contribution in [0, 0.1) is 0 Å². The van der Waals surface area contributed by atoms with Gasteiger partial charge in [-0.25, -0.2) is 4.98 Å². The minimum absolute atomic E-state index is 0.119. The van der Waals surface area contributed by atoms with E-state index in [0.29, 0.717) is 12.8 Å². The van der Waals surface area contributed by atoms with Crippen molar-refractivity contribution in [3.05, 3.63) is 88.7 Å². The number of carbonyl (C=O) groups excluding carboxylic acids is 1. The monoisotopic (exact) mass is 393 g/mol. The SMILES string of the molecule is C[C@@H](CC(=O)Cc1ccc(-c2ccccc2)cc1)c1cccc(Br)n1. The average molecular weight is 394 g/mol. The molecule has 0 saturated carbocycles. The number of carbonyl (C=O) groups is 1. The second kappa shape index (κ2) is 8.21. The zero-order valence-electron chi connectivity index (χ0n) is 14.2. The Kier molecular flexibility index (Phi) is 5.77. The summed E-state index contributed by atoms with van der Waals surface area (Å²) >= 11 is 3.38. The van der Waals surface area contributed by atoms with Crippen LogP contribution in [0.5, 0.6) is 0 Å². The Labute approximate surface area is 157 Å². The van der Waals surface area contributed by atoms with Crippen molar-refractivity contribution in [2.75, 3.05) is 0 Å². The Morgan fingerprint density at radius 1 is 0.920 bits per heavy atom. The molecule has 1 heterocycles. The predicted molar refractivity (Wildman–Crippen MR) is 106 cm³/mol. The Balaban J connectivity index is 1.61. The molecule has 0 aliphatic heterocycles. The van der Waals surface area contributed by atoms with E-state index in [9.17, 15) is 4.79 Å². The fourth-order valence-corrected chi connectivity index (χ4v) is 3.25. The molecule has 1 aromatic heterocycles. The van der Waals surface area contributed by atoms with Gasteiger partial charge in [0.15, 0.2) is 0 Å². The van der Waals surface area contributed by atoms with Gasteiger partial charge in [-0.3, -0.25) is 4.79 Å². The smallest absolute Gasteiger partial charge is 0.137 e. The molecule has 3 heteroatoms. The highest BCUT2D eigenvalue weighted by atomic mass is 79.9. The van der Waals surface area contributed by atoms with Crippen LogP contribution in [0.15, 0.2) is 77.4 Å². The molecule has 3 aromatic rings. The highest BCUT2D eigenvalue weighted by Gasteiger charge is 2.13. The number of Topliss-reactive ketones (excluding diaryl/α,β-unsaturated/α-hetero) is 1. The minimum Gasteiger partial charge on any atom is -0.299 e. The van der Waals surface area contributed by atoms with Gasteiger partial charge in [0.2, 0.25) is 0 Å². The second-order valence-electron chi connectivity index (χ2n) is 6.27. The van der Waals surface area contributed by atoms with Gasteiger partial charge in [0, 0.05) is 24.5 Å². The van der Waals surface area contributed by atoms with Crippen LogP contribution in [-0.2, 0) is 11.2 Å². The molecule has 1 atom stereocenters. The van der Waals surface area contributed by atoms with Crippen molar-refractivity contribution in [3.8, 4) is 11.1 Å². The molecule has 0 spiro atoms. The van der Waals surface area contributed by atoms with Crippen molar-refractivity contribution in [1.29, 1.82) is 0 Å². The molecule has 0 fully saturated rings. The molecule has 0 bridgehead atoms. The van der Waals surface area contributed by atoms with E-state index in [2.05, 4.69) is 45.2 Å². The zero-order chi connectivity index (χ0) is 17.6. The first-order valence-electron chi connectivity index (χ1n) is 8.40. The summed E-state index contributed by atoms with van der Waals surface area (Å²) in [7, 11) is 0. The first-order chi connectivity index (χ1) is 12.1. The van der Waals surface area contributed by atoms with Crippen LogP contribution >= 0.6 is 15.9 Å². The first-order valence-corrected chi connectivity index (χ1v) is 9.19. The molecule has 0 unspecified atom stereocenters. The molecule has 2 nitrogen and oxygen atoms in total. The number of benzene rings is 2. The van der Waals surface area contributed by atoms with Crippen LogP contribution in [0.25, 0.3) is 11.1 Å². The van der Waals surface area contributed by atoms with Gasteiger partial charge in [0.05, 0.1) is 0 Å². The van der Waals surface area contributed by atoms with Crippen LogP contribution in [0.3, 0.4) is 0 Å². The maximum Gasteiger partial charge on any atom is 0.137 e. The first kappa shape index (κ1) is 17.6. The number of ketones is 1. The predicted octanol–water partition coefficient (Wildman–Crippen LogP) is 5.82. The van der Waals surface area contributed by atoms with E-state index >= 15 is 0 Å². The lowest BCUT2D eigenvalue weighted by molar-refractivity contribution is -0.118. The van der Waals surface area contributed by atoms with E-state index in [4.69, 9.17) is 0 Å². The number of hydrogen-bond donors (Lipinski definition) is 0. The van der Waals surface area contributed by atoms with Crippen molar-refractivity contribution >= 4 is 21.7 Å². The van der Waals surface area contributed by atoms with E-state index in [-0.39, 0.29) is 11.7 Å². The van der Waals surface area contributed by atoms with Crippen LogP contribution in [0.4, 0.5) is 0 Å². The Bertz CT molecular complexity index is 843. The van der Waals surface area contributed by atoms with Crippen LogP contribution in [0.1, 0.15) is 30.5 Å². The number of rotatable bonds is 6. The quantitative estimate of drug-likeness (QED) is 0.494. The van der Waals surface area contributed by atoms with Gasteiger partial charge in [-0.15, -0.1) is 0 Å². The van der Waals surface area contributed by atoms with Crippen LogP contribution in [-0.4, -0.2) is 10.8 Å². The van der Waals surface area contributed by atoms with E-state index in [0.717, 1.165) is 15.9 Å². The van der Waals surface area contributed by atoms with Gasteiger partial charge in [0.25, 0.3) is 0 Å². The number of halogens is 1. The number of aromatic nitrogens is 1. The molecule has 0 radical (unpaired) electrons. The van der Waals surface area contributed by atoms with Gasteiger partial charge in [-0.05, 0) is 44.8 Å². The Morgan fingerprint density at radius 3 is 2.28 bits per heavy atom. The average Bonchev–Trinajstić information content (AvgIpc) is 2.63. The maximum atomic E-state index is 12.4. The van der Waals surface area contributed by atoms with Gasteiger partial charge >= 0.3 is 0 Å². The molecule has 0 amide bonds. The summed E-state index contributed by atoms with van der Waals surface area (Å²) in [5.74, 6) is 0.357. The Morgan fingerprint density at radius 2 is 1.60 bits per heavy atom. The highest BCUT2D eigenvalue weighted by Crippen LogP contribution is 2.22. The van der Waals surface area contributed by atoms with Crippen LogP contribution in [0.2, 0.25) is 0 Å². The van der Waals surface area contributed by atoms with E-state index in [1.165, 1.54) is 11.1 Å². The van der Waals surface area contributed by atoms with Gasteiger partial charge in [-0.1, -0.05) is 67.6 Å². The lowest BCUT2D eigenvalue weighted by Crippen LogP contribution is -2.08. The van der Waals surface area contributed by atoms with Crippen molar-refractivity contribution in [2.45, 2.75) is 25.7 Å². The molecule has 25 heavy (non-hydrogen) atoms. The maximum absolute atomic E-state index is 12.4. The summed E-state index contributed by atoms with van der Waals surface area (Å²) in [6.07, 6.45) is 0.970. The second-order valence-corrected chi connectivity index (χ2v) is 7.08. The van der Waals surface area contributed by atoms with E-state index < -0.39 is 0 Å². The topological polar surface area (TPSA) is 30.0 Å². The van der Waals surface area contributed by atoms with Crippen LogP contribution < -0.4 is 0 Å². The normalized spacial score (nSPS) is 11.9. The molecule has 0 saturated heterocycles. The van der Waals surface area contributed by atoms with Crippen molar-refractivity contribution in [1.82, 2.24) is 4.98 Å². The van der Waals surface area contributed by atoms with Gasteiger partial charge in [0.1, 0.15) is 10.4 Å². The minimum atomic E-state index is 0.119. The third-order valence-corrected chi connectivity index (χ3v) is 4.68. The third kappa shape index (κ3) is 4.86. The summed E-state index contributed by atoms with van der Waals surface area (Å²) < 4.78 is 0.806. The summed E-state index contributed by atoms with van der Waals surface area (Å²) in [4.78, 5) is 16.8. The van der Waals surface area contributed by atoms with Gasteiger partial charge in [-0.2, -0.15) is 0 Å². The van der Waals surface area contributed by atoms with E-state index in [1.807, 2.05) is 55.5 Å². The summed E-state index contributed by atoms with van der Waals surface area (Å²) in [6, 6.07) is 24.3. The van der Waals surface area contributed by atoms with Crippen molar-refractivity contribution in [3.63, 3.8) is 0 Å². The lowest BCUT2D eigenvalue weighted by atomic mass is 9.96. The highest BCUT2D eigenvalue weighted by molar-refractivity contribution is 9.10. The molecule has 0 N–H and O–H groups in total. The Hall–Kier alpha value is -2.26. The largest absolute Gasteiger partial charge is 0.299 e. The van der Waals surface area contributed by atoms with Gasteiger partial charge < -0.3 is 0 Å². The molecule has 3 rings (SSSR count). The summed E-state index contributed by atoms with van der Waals surface area (Å²) in [5, 5.41) is 0. The molecular weight excluding hydrogens is 374 g/mol. The molecule has 0 aliphatic carbocycles. The summed E-state index contributed by atoms with van der Waals surface area (Å²) in [5.41, 5.74) is 4.36. The van der Waals surface area contributed by atoms with Crippen molar-refractivity contribution in [2.24, 2.45) is 0 Å². The van der Waals surface area contributed by atoms with E-state index in [1.54, 1.807) is 0 Å². The standard InChI is InChI=1S/C22H20BrNO/c1-16(21-8-5-9-22(23)24-21)14-20(25)15-17-10-12-19(13-11-17)18-6-3-2-4-7-18/h2-13,16H,14-15H2,1H3/t16-/m0/s1. The molecule has 126 valence electrons. The molecular formula is C22H20BrNO. The van der Waals surface area contributed by atoms with Crippen molar-refractivity contribution < 1.29 is 4.79 Å². The summed E-state index contributed by atoms with van der Waals surface area (Å²) in [6.45, 7) is 2.05. The zero-order valence-corrected chi connectivity index (χ0v) is 15.7. The number of nitrogens with zero attached hydrogens (tertiary/aromatic N) is 1. The number of hydrogen-bond acceptors (Lipinski definition) is 2. The third-order valence-electron chi connectivity index (χ3n) is 4.24. The fraction of sp³-hybridized carbons (Fsp3) is 0.182. The molecule has 0 aliphatic rings.